The monoisotopic (exact) mass is 304 g/mol. The highest BCUT2D eigenvalue weighted by molar-refractivity contribution is 5.98. The Balaban J connectivity index is 2.02. The molecule has 1 aliphatic rings. The van der Waals surface area contributed by atoms with Gasteiger partial charge in [0.15, 0.2) is 0 Å². The fraction of sp³-hybridized carbons (Fsp3) is 0.438. The minimum Gasteiger partial charge on any atom is -0.506 e. The molecular formula is C16H20N2O4. The second-order valence-electron chi connectivity index (χ2n) is 5.54. The number of fused-ring (bicyclic) bond motifs is 1. The third-order valence-electron chi connectivity index (χ3n) is 3.87. The Hall–Kier alpha value is -2.05. The largest absolute Gasteiger partial charge is 0.506 e. The van der Waals surface area contributed by atoms with Gasteiger partial charge < -0.3 is 25.3 Å². The number of esters is 1. The second kappa shape index (κ2) is 5.98. The van der Waals surface area contributed by atoms with Crippen molar-refractivity contribution in [3.8, 4) is 5.75 Å². The number of aromatic hydroxyl groups is 1. The highest BCUT2D eigenvalue weighted by Crippen LogP contribution is 2.33. The summed E-state index contributed by atoms with van der Waals surface area (Å²) in [5.41, 5.74) is 1.63. The van der Waals surface area contributed by atoms with E-state index in [4.69, 9.17) is 4.74 Å². The standard InChI is InChI=1S/C16H20N2O4/c1-2-22-16(21)12-7-11-10(5-6-14(20)15(11)18-12)13(8-19)17-9-3-4-9/h5-7,9,13,17-20H,2-4,8H2,1H3. The molecule has 6 nitrogen and oxygen atoms in total. The van der Waals surface area contributed by atoms with Crippen LogP contribution in [0.4, 0.5) is 0 Å². The highest BCUT2D eigenvalue weighted by atomic mass is 16.5. The first-order valence-corrected chi connectivity index (χ1v) is 7.52. The molecular weight excluding hydrogens is 284 g/mol. The summed E-state index contributed by atoms with van der Waals surface area (Å²) < 4.78 is 4.98. The maximum Gasteiger partial charge on any atom is 0.354 e. The zero-order chi connectivity index (χ0) is 15.7. The van der Waals surface area contributed by atoms with Gasteiger partial charge in [0, 0.05) is 11.4 Å². The first-order chi connectivity index (χ1) is 10.6. The summed E-state index contributed by atoms with van der Waals surface area (Å²) in [6, 6.07) is 5.22. The van der Waals surface area contributed by atoms with Crippen molar-refractivity contribution in [2.75, 3.05) is 13.2 Å². The van der Waals surface area contributed by atoms with Crippen LogP contribution in [-0.4, -0.2) is 40.4 Å². The van der Waals surface area contributed by atoms with Crippen molar-refractivity contribution in [2.24, 2.45) is 0 Å². The Morgan fingerprint density at radius 2 is 2.27 bits per heavy atom. The van der Waals surface area contributed by atoms with Crippen LogP contribution in [0.15, 0.2) is 18.2 Å². The van der Waals surface area contributed by atoms with E-state index >= 15 is 0 Å². The van der Waals surface area contributed by atoms with Crippen LogP contribution in [0.25, 0.3) is 10.9 Å². The minimum absolute atomic E-state index is 0.0453. The number of aromatic amines is 1. The lowest BCUT2D eigenvalue weighted by Crippen LogP contribution is -2.26. The van der Waals surface area contributed by atoms with E-state index in [0.717, 1.165) is 23.8 Å². The van der Waals surface area contributed by atoms with Gasteiger partial charge in [-0.25, -0.2) is 4.79 Å². The third kappa shape index (κ3) is 2.80. The van der Waals surface area contributed by atoms with Crippen LogP contribution in [-0.2, 0) is 4.74 Å². The molecule has 0 saturated heterocycles. The average Bonchev–Trinajstić information content (AvgIpc) is 3.20. The number of phenolic OH excluding ortho intramolecular Hbond substituents is 1. The molecule has 4 N–H and O–H groups in total. The van der Waals surface area contributed by atoms with E-state index in [1.54, 1.807) is 25.1 Å². The van der Waals surface area contributed by atoms with Gasteiger partial charge >= 0.3 is 5.97 Å². The predicted molar refractivity (Wildman–Crippen MR) is 81.9 cm³/mol. The van der Waals surface area contributed by atoms with Crippen molar-refractivity contribution in [1.82, 2.24) is 10.3 Å². The van der Waals surface area contributed by atoms with E-state index in [2.05, 4.69) is 10.3 Å². The fourth-order valence-electron chi connectivity index (χ4n) is 2.62. The lowest BCUT2D eigenvalue weighted by molar-refractivity contribution is 0.0520. The Bertz CT molecular complexity index is 691. The van der Waals surface area contributed by atoms with Gasteiger partial charge in [-0.05, 0) is 37.5 Å². The van der Waals surface area contributed by atoms with Gasteiger partial charge in [-0.15, -0.1) is 0 Å². The van der Waals surface area contributed by atoms with Crippen LogP contribution in [0.2, 0.25) is 0 Å². The van der Waals surface area contributed by atoms with E-state index in [9.17, 15) is 15.0 Å². The normalized spacial score (nSPS) is 15.9. The maximum atomic E-state index is 11.9. The number of benzene rings is 1. The van der Waals surface area contributed by atoms with Gasteiger partial charge in [-0.2, -0.15) is 0 Å². The molecule has 1 aromatic carbocycles. The number of hydrogen-bond donors (Lipinski definition) is 4. The van der Waals surface area contributed by atoms with E-state index in [-0.39, 0.29) is 25.0 Å². The predicted octanol–water partition coefficient (Wildman–Crippen LogP) is 1.84. The molecule has 1 atom stereocenters. The van der Waals surface area contributed by atoms with Gasteiger partial charge in [-0.3, -0.25) is 0 Å². The number of hydrogen-bond acceptors (Lipinski definition) is 5. The summed E-state index contributed by atoms with van der Waals surface area (Å²) in [6.07, 6.45) is 2.22. The summed E-state index contributed by atoms with van der Waals surface area (Å²) in [7, 11) is 0. The van der Waals surface area contributed by atoms with Gasteiger partial charge in [0.25, 0.3) is 0 Å². The number of aliphatic hydroxyl groups excluding tert-OH is 1. The zero-order valence-electron chi connectivity index (χ0n) is 12.4. The van der Waals surface area contributed by atoms with E-state index in [1.807, 2.05) is 0 Å². The van der Waals surface area contributed by atoms with Crippen LogP contribution in [0, 0.1) is 0 Å². The molecule has 22 heavy (non-hydrogen) atoms. The summed E-state index contributed by atoms with van der Waals surface area (Å²) in [5, 5.41) is 23.7. The molecule has 0 spiro atoms. The zero-order valence-corrected chi connectivity index (χ0v) is 12.4. The molecule has 3 rings (SSSR count). The van der Waals surface area contributed by atoms with Gasteiger partial charge in [0.2, 0.25) is 0 Å². The second-order valence-corrected chi connectivity index (χ2v) is 5.54. The summed E-state index contributed by atoms with van der Waals surface area (Å²) >= 11 is 0. The van der Waals surface area contributed by atoms with Gasteiger partial charge in [0.05, 0.1) is 24.8 Å². The topological polar surface area (TPSA) is 94.6 Å². The van der Waals surface area contributed by atoms with Crippen LogP contribution >= 0.6 is 0 Å². The number of H-pyrrole nitrogens is 1. The summed E-state index contributed by atoms with van der Waals surface area (Å²) in [4.78, 5) is 14.8. The Morgan fingerprint density at radius 3 is 2.91 bits per heavy atom. The highest BCUT2D eigenvalue weighted by Gasteiger charge is 2.27. The molecule has 0 amide bonds. The van der Waals surface area contributed by atoms with Crippen molar-refractivity contribution in [2.45, 2.75) is 31.8 Å². The molecule has 1 fully saturated rings. The smallest absolute Gasteiger partial charge is 0.354 e. The summed E-state index contributed by atoms with van der Waals surface area (Å²) in [6.45, 7) is 1.98. The fourth-order valence-corrected chi connectivity index (χ4v) is 2.62. The number of nitrogens with one attached hydrogen (secondary N) is 2. The summed E-state index contributed by atoms with van der Waals surface area (Å²) in [5.74, 6) is -0.392. The quantitative estimate of drug-likeness (QED) is 0.611. The average molecular weight is 304 g/mol. The molecule has 1 saturated carbocycles. The van der Waals surface area contributed by atoms with Crippen LogP contribution in [0.5, 0.6) is 5.75 Å². The lowest BCUT2D eigenvalue weighted by atomic mass is 10.0. The molecule has 0 radical (unpaired) electrons. The van der Waals surface area contributed by atoms with Crippen molar-refractivity contribution in [3.05, 3.63) is 29.5 Å². The number of phenols is 1. The van der Waals surface area contributed by atoms with Gasteiger partial charge in [-0.1, -0.05) is 6.07 Å². The molecule has 0 bridgehead atoms. The van der Waals surface area contributed by atoms with E-state index < -0.39 is 5.97 Å². The number of aromatic nitrogens is 1. The SMILES string of the molecule is CCOC(=O)c1cc2c(C(CO)NC3CC3)ccc(O)c2[nH]1. The first kappa shape index (κ1) is 14.9. The molecule has 1 unspecified atom stereocenters. The molecule has 2 aromatic rings. The molecule has 1 aliphatic carbocycles. The van der Waals surface area contributed by atoms with Crippen LogP contribution < -0.4 is 5.32 Å². The molecule has 6 heteroatoms. The minimum atomic E-state index is -0.459. The molecule has 1 heterocycles. The number of ether oxygens (including phenoxy) is 1. The molecule has 118 valence electrons. The Morgan fingerprint density at radius 1 is 1.50 bits per heavy atom. The van der Waals surface area contributed by atoms with Gasteiger partial charge in [0.1, 0.15) is 11.4 Å². The number of aliphatic hydroxyl groups is 1. The van der Waals surface area contributed by atoms with Crippen molar-refractivity contribution >= 4 is 16.9 Å². The Kier molecular flexibility index (Phi) is 4.04. The van der Waals surface area contributed by atoms with Crippen LogP contribution in [0.3, 0.4) is 0 Å². The molecule has 1 aromatic heterocycles. The number of carbonyl (C=O) groups is 1. The Labute approximate surface area is 128 Å². The van der Waals surface area contributed by atoms with Crippen LogP contribution in [0.1, 0.15) is 41.9 Å². The number of rotatable bonds is 6. The van der Waals surface area contributed by atoms with E-state index in [0.29, 0.717) is 17.3 Å². The lowest BCUT2D eigenvalue weighted by Gasteiger charge is -2.17. The first-order valence-electron chi connectivity index (χ1n) is 7.52. The van der Waals surface area contributed by atoms with Crippen molar-refractivity contribution in [1.29, 1.82) is 0 Å². The van der Waals surface area contributed by atoms with Crippen molar-refractivity contribution in [3.63, 3.8) is 0 Å². The third-order valence-corrected chi connectivity index (χ3v) is 3.87. The maximum absolute atomic E-state index is 11.9. The molecule has 0 aliphatic heterocycles. The number of carbonyl (C=O) groups excluding carboxylic acids is 1. The van der Waals surface area contributed by atoms with E-state index in [1.165, 1.54) is 0 Å². The van der Waals surface area contributed by atoms with Crippen molar-refractivity contribution < 1.29 is 19.7 Å².